The van der Waals surface area contributed by atoms with Crippen molar-refractivity contribution in [2.24, 2.45) is 0 Å². The Morgan fingerprint density at radius 3 is 1.57 bits per heavy atom. The first-order valence-electron chi connectivity index (χ1n) is 2.82. The van der Waals surface area contributed by atoms with Crippen molar-refractivity contribution in [3.63, 3.8) is 0 Å². The van der Waals surface area contributed by atoms with Crippen molar-refractivity contribution in [3.8, 4) is 0 Å². The third-order valence-corrected chi connectivity index (χ3v) is 1.32. The molecule has 1 aliphatic rings. The van der Waals surface area contributed by atoms with Crippen LogP contribution in [0.25, 0.3) is 0 Å². The van der Waals surface area contributed by atoms with Gasteiger partial charge in [-0.2, -0.15) is 0 Å². The summed E-state index contributed by atoms with van der Waals surface area (Å²) < 4.78 is 0. The molecule has 7 heavy (non-hydrogen) atoms. The van der Waals surface area contributed by atoms with Gasteiger partial charge in [-0.05, 0) is 6.42 Å². The van der Waals surface area contributed by atoms with Crippen LogP contribution in [-0.2, 0) is 0 Å². The van der Waals surface area contributed by atoms with Crippen molar-refractivity contribution in [1.29, 1.82) is 0 Å². The van der Waals surface area contributed by atoms with Gasteiger partial charge in [0, 0.05) is 0 Å². The molecule has 1 radical (unpaired) electrons. The second-order valence-electron chi connectivity index (χ2n) is 1.93. The molecule has 0 nitrogen and oxygen atoms in total. The van der Waals surface area contributed by atoms with Gasteiger partial charge in [0.05, 0.1) is 0 Å². The van der Waals surface area contributed by atoms with Gasteiger partial charge >= 0.3 is 51.4 Å². The molecule has 0 aromatic heterocycles. The number of rotatable bonds is 0. The van der Waals surface area contributed by atoms with E-state index in [1.54, 1.807) is 0 Å². The molecule has 0 unspecified atom stereocenters. The van der Waals surface area contributed by atoms with Gasteiger partial charge < -0.3 is 0 Å². The molecule has 0 atom stereocenters. The zero-order chi connectivity index (χ0) is 4.24. The van der Waals surface area contributed by atoms with Gasteiger partial charge in [-0.15, -0.1) is 0 Å². The van der Waals surface area contributed by atoms with Gasteiger partial charge in [-0.3, -0.25) is 0 Å². The second-order valence-corrected chi connectivity index (χ2v) is 1.93. The first kappa shape index (κ1) is 8.64. The first-order chi connectivity index (χ1) is 3.00. The van der Waals surface area contributed by atoms with Gasteiger partial charge in [-0.1, -0.05) is 32.1 Å². The van der Waals surface area contributed by atoms with Crippen LogP contribution < -0.4 is 0 Å². The molecule has 0 aromatic carbocycles. The molecule has 0 aliphatic heterocycles. The molecule has 0 heterocycles. The van der Waals surface area contributed by atoms with Crippen molar-refractivity contribution in [1.82, 2.24) is 0 Å². The summed E-state index contributed by atoms with van der Waals surface area (Å²) in [5, 5.41) is 0. The van der Waals surface area contributed by atoms with Crippen LogP contribution in [0, 0.1) is 6.42 Å². The number of hydrogen-bond donors (Lipinski definition) is 0. The Balaban J connectivity index is 0.000000360. The Bertz CT molecular complexity index is 19.7. The van der Waals surface area contributed by atoms with Crippen LogP contribution >= 0.6 is 0 Å². The summed E-state index contributed by atoms with van der Waals surface area (Å²) in [6.07, 6.45) is 9.50. The molecule has 37 valence electrons. The predicted molar refractivity (Wildman–Crippen MR) is 34.5 cm³/mol. The van der Waals surface area contributed by atoms with E-state index in [2.05, 4.69) is 6.42 Å². The molecule has 0 bridgehead atoms. The Hall–Kier alpha value is 1.64. The van der Waals surface area contributed by atoms with E-state index in [9.17, 15) is 0 Å². The van der Waals surface area contributed by atoms with Crippen molar-refractivity contribution in [3.05, 3.63) is 6.42 Å². The summed E-state index contributed by atoms with van der Waals surface area (Å²) in [5.41, 5.74) is 0. The molecule has 1 heteroatoms. The van der Waals surface area contributed by atoms with Gasteiger partial charge in [0.1, 0.15) is 0 Å². The zero-order valence-electron chi connectivity index (χ0n) is 4.11. The normalized spacial score (nSPS) is 20.6. The first-order valence-corrected chi connectivity index (χ1v) is 2.82. The Kier molecular flexibility index (Phi) is 7.12. The number of hydrogen-bond acceptors (Lipinski definition) is 0. The van der Waals surface area contributed by atoms with Crippen LogP contribution in [0.2, 0.25) is 0 Å². The van der Waals surface area contributed by atoms with E-state index in [1.807, 2.05) is 0 Å². The Morgan fingerprint density at radius 1 is 0.857 bits per heavy atom. The molecule has 1 saturated carbocycles. The van der Waals surface area contributed by atoms with Crippen LogP contribution in [-0.4, -0.2) is 51.4 Å². The molecule has 1 aliphatic carbocycles. The molecular weight excluding hydrogens is 111 g/mol. The van der Waals surface area contributed by atoms with Crippen molar-refractivity contribution >= 4 is 51.4 Å². The minimum atomic E-state index is 0. The summed E-state index contributed by atoms with van der Waals surface area (Å²) in [4.78, 5) is 0. The molecule has 0 saturated heterocycles. The topological polar surface area (TPSA) is 0 Å². The van der Waals surface area contributed by atoms with E-state index < -0.39 is 0 Å². The third-order valence-electron chi connectivity index (χ3n) is 1.32. The second kappa shape index (κ2) is 5.77. The van der Waals surface area contributed by atoms with Gasteiger partial charge in [0.2, 0.25) is 0 Å². The maximum absolute atomic E-state index is 2.39. The molecule has 0 aromatic rings. The quantitative estimate of drug-likeness (QED) is 0.428. The zero-order valence-corrected chi connectivity index (χ0v) is 4.11. The fraction of sp³-hybridized carbons (Fsp3) is 0.833. The SMILES string of the molecule is [CH]1CCCCC1.[KH]. The fourth-order valence-electron chi connectivity index (χ4n) is 0.898. The Labute approximate surface area is 88.5 Å². The predicted octanol–water partition coefficient (Wildman–Crippen LogP) is 1.51. The monoisotopic (exact) mass is 123 g/mol. The van der Waals surface area contributed by atoms with Crippen LogP contribution in [0.1, 0.15) is 32.1 Å². The standard InChI is InChI=1S/C6H11.K.H/c1-2-4-6-5-3-1;;/h1H,2-6H2;;. The van der Waals surface area contributed by atoms with E-state index in [0.717, 1.165) is 0 Å². The summed E-state index contributed by atoms with van der Waals surface area (Å²) in [6, 6.07) is 0. The molecule has 1 fully saturated rings. The molecule has 1 rings (SSSR count). The van der Waals surface area contributed by atoms with E-state index >= 15 is 0 Å². The maximum atomic E-state index is 2.39. The molecular formula is C6H12K. The molecule has 0 spiro atoms. The average Bonchev–Trinajstić information content (AvgIpc) is 1.72. The van der Waals surface area contributed by atoms with Crippen LogP contribution in [0.5, 0.6) is 0 Å². The third kappa shape index (κ3) is 4.16. The van der Waals surface area contributed by atoms with Crippen molar-refractivity contribution < 1.29 is 0 Å². The van der Waals surface area contributed by atoms with Crippen LogP contribution in [0.15, 0.2) is 0 Å². The van der Waals surface area contributed by atoms with E-state index in [4.69, 9.17) is 0 Å². The van der Waals surface area contributed by atoms with E-state index in [0.29, 0.717) is 0 Å². The van der Waals surface area contributed by atoms with E-state index in [-0.39, 0.29) is 51.4 Å². The fourth-order valence-corrected chi connectivity index (χ4v) is 0.898. The van der Waals surface area contributed by atoms with Crippen molar-refractivity contribution in [2.45, 2.75) is 32.1 Å². The summed E-state index contributed by atoms with van der Waals surface area (Å²) in [5.74, 6) is 0. The van der Waals surface area contributed by atoms with Gasteiger partial charge in [0.25, 0.3) is 0 Å². The van der Waals surface area contributed by atoms with Crippen molar-refractivity contribution in [2.75, 3.05) is 0 Å². The summed E-state index contributed by atoms with van der Waals surface area (Å²) in [6.45, 7) is 0. The molecule has 0 amide bonds. The Morgan fingerprint density at radius 2 is 1.43 bits per heavy atom. The summed E-state index contributed by atoms with van der Waals surface area (Å²) >= 11 is 0. The summed E-state index contributed by atoms with van der Waals surface area (Å²) in [7, 11) is 0. The average molecular weight is 123 g/mol. The van der Waals surface area contributed by atoms with Gasteiger partial charge in [-0.25, -0.2) is 0 Å². The minimum absolute atomic E-state index is 0. The van der Waals surface area contributed by atoms with Gasteiger partial charge in [0.15, 0.2) is 0 Å². The van der Waals surface area contributed by atoms with Crippen LogP contribution in [0.4, 0.5) is 0 Å². The molecule has 0 N–H and O–H groups in total. The van der Waals surface area contributed by atoms with Crippen LogP contribution in [0.3, 0.4) is 0 Å². The van der Waals surface area contributed by atoms with E-state index in [1.165, 1.54) is 32.1 Å².